The Bertz CT molecular complexity index is 794. The van der Waals surface area contributed by atoms with Crippen molar-refractivity contribution in [2.75, 3.05) is 19.7 Å². The van der Waals surface area contributed by atoms with Crippen LogP contribution in [0.4, 0.5) is 0 Å². The Morgan fingerprint density at radius 3 is 2.67 bits per heavy atom. The van der Waals surface area contributed by atoms with Crippen molar-refractivity contribution in [2.24, 2.45) is 0 Å². The number of esters is 1. The molecule has 0 N–H and O–H groups in total. The van der Waals surface area contributed by atoms with Gasteiger partial charge in [-0.25, -0.2) is 4.79 Å². The minimum atomic E-state index is -0.579. The topological polar surface area (TPSA) is 84.0 Å². The molecule has 0 radical (unpaired) electrons. The van der Waals surface area contributed by atoms with Crippen molar-refractivity contribution in [3.8, 4) is 0 Å². The molecule has 144 valence electrons. The summed E-state index contributed by atoms with van der Waals surface area (Å²) < 4.78 is 5.79. The van der Waals surface area contributed by atoms with Crippen LogP contribution < -0.4 is 0 Å². The summed E-state index contributed by atoms with van der Waals surface area (Å²) in [6.07, 6.45) is 2.25. The second kappa shape index (κ2) is 8.21. The summed E-state index contributed by atoms with van der Waals surface area (Å²) >= 11 is 3.29. The number of benzene rings is 1. The van der Waals surface area contributed by atoms with E-state index in [1.807, 2.05) is 0 Å². The third-order valence-electron chi connectivity index (χ3n) is 4.86. The molecule has 3 rings (SSSR count). The Balaban J connectivity index is 1.66. The molecule has 2 aliphatic heterocycles. The molecule has 1 atom stereocenters. The van der Waals surface area contributed by atoms with Crippen LogP contribution in [-0.2, 0) is 14.3 Å². The van der Waals surface area contributed by atoms with Gasteiger partial charge in [-0.3, -0.25) is 19.3 Å². The summed E-state index contributed by atoms with van der Waals surface area (Å²) in [4.78, 5) is 52.4. The summed E-state index contributed by atoms with van der Waals surface area (Å²) in [6.45, 7) is 2.47. The Kier molecular flexibility index (Phi) is 5.94. The molecule has 0 spiro atoms. The normalized spacial score (nSPS) is 19.3. The van der Waals surface area contributed by atoms with Gasteiger partial charge >= 0.3 is 5.97 Å². The Labute approximate surface area is 165 Å². The van der Waals surface area contributed by atoms with Gasteiger partial charge in [0.2, 0.25) is 5.91 Å². The van der Waals surface area contributed by atoms with E-state index in [1.165, 1.54) is 4.90 Å². The van der Waals surface area contributed by atoms with Crippen LogP contribution in [0.25, 0.3) is 0 Å². The monoisotopic (exact) mass is 436 g/mol. The van der Waals surface area contributed by atoms with Gasteiger partial charge in [0.05, 0.1) is 17.7 Å². The second-order valence-corrected chi connectivity index (χ2v) is 7.47. The van der Waals surface area contributed by atoms with E-state index in [-0.39, 0.29) is 25.5 Å². The maximum Gasteiger partial charge on any atom is 0.328 e. The smallest absolute Gasteiger partial charge is 0.328 e. The van der Waals surface area contributed by atoms with Crippen LogP contribution in [0.3, 0.4) is 0 Å². The predicted molar refractivity (Wildman–Crippen MR) is 100 cm³/mol. The van der Waals surface area contributed by atoms with E-state index in [2.05, 4.69) is 15.9 Å². The minimum Gasteiger partial charge on any atom is -0.464 e. The van der Waals surface area contributed by atoms with Crippen LogP contribution in [0, 0.1) is 0 Å². The predicted octanol–water partition coefficient (Wildman–Crippen LogP) is 2.38. The zero-order chi connectivity index (χ0) is 19.6. The molecule has 1 aromatic carbocycles. The van der Waals surface area contributed by atoms with Gasteiger partial charge in [0, 0.05) is 24.0 Å². The lowest BCUT2D eigenvalue weighted by Gasteiger charge is -2.34. The first-order valence-corrected chi connectivity index (χ1v) is 9.85. The van der Waals surface area contributed by atoms with E-state index >= 15 is 0 Å². The highest BCUT2D eigenvalue weighted by Gasteiger charge is 2.37. The summed E-state index contributed by atoms with van der Waals surface area (Å²) in [7, 11) is 0. The number of fused-ring (bicyclic) bond motifs is 1. The van der Waals surface area contributed by atoms with Gasteiger partial charge < -0.3 is 9.64 Å². The molecule has 0 saturated carbocycles. The summed E-state index contributed by atoms with van der Waals surface area (Å²) in [5, 5.41) is 0. The van der Waals surface area contributed by atoms with Crippen LogP contribution in [0.1, 0.15) is 53.3 Å². The van der Waals surface area contributed by atoms with Crippen LogP contribution in [0.15, 0.2) is 22.7 Å². The largest absolute Gasteiger partial charge is 0.464 e. The molecule has 1 saturated heterocycles. The lowest BCUT2D eigenvalue weighted by atomic mass is 10.0. The zero-order valence-corrected chi connectivity index (χ0v) is 16.7. The van der Waals surface area contributed by atoms with Crippen LogP contribution in [0.5, 0.6) is 0 Å². The van der Waals surface area contributed by atoms with Crippen molar-refractivity contribution in [1.29, 1.82) is 0 Å². The number of halogens is 1. The highest BCUT2D eigenvalue weighted by Crippen LogP contribution is 2.26. The van der Waals surface area contributed by atoms with E-state index in [1.54, 1.807) is 25.1 Å². The lowest BCUT2D eigenvalue weighted by Crippen LogP contribution is -2.49. The number of rotatable bonds is 5. The molecule has 0 aromatic heterocycles. The third kappa shape index (κ3) is 3.90. The van der Waals surface area contributed by atoms with Crippen molar-refractivity contribution in [1.82, 2.24) is 9.80 Å². The molecule has 1 aromatic rings. The summed E-state index contributed by atoms with van der Waals surface area (Å²) in [6, 6.07) is 4.34. The van der Waals surface area contributed by atoms with Crippen molar-refractivity contribution in [3.63, 3.8) is 0 Å². The molecule has 0 aliphatic carbocycles. The lowest BCUT2D eigenvalue weighted by molar-refractivity contribution is -0.156. The number of carbonyl (C=O) groups is 4. The Hall–Kier alpha value is -2.22. The van der Waals surface area contributed by atoms with Gasteiger partial charge in [-0.1, -0.05) is 15.9 Å². The van der Waals surface area contributed by atoms with E-state index in [0.29, 0.717) is 28.6 Å². The van der Waals surface area contributed by atoms with Crippen LogP contribution in [-0.4, -0.2) is 59.2 Å². The van der Waals surface area contributed by atoms with Crippen LogP contribution in [0.2, 0.25) is 0 Å². The van der Waals surface area contributed by atoms with Crippen molar-refractivity contribution >= 4 is 39.6 Å². The van der Waals surface area contributed by atoms with Crippen molar-refractivity contribution < 1.29 is 23.9 Å². The Morgan fingerprint density at radius 1 is 1.19 bits per heavy atom. The second-order valence-electron chi connectivity index (χ2n) is 6.55. The molecule has 1 fully saturated rings. The maximum atomic E-state index is 12.7. The van der Waals surface area contributed by atoms with Gasteiger partial charge in [-0.15, -0.1) is 0 Å². The fourth-order valence-electron chi connectivity index (χ4n) is 3.53. The van der Waals surface area contributed by atoms with Gasteiger partial charge in [0.1, 0.15) is 6.04 Å². The number of ether oxygens (including phenoxy) is 1. The molecule has 3 amide bonds. The number of piperidine rings is 1. The van der Waals surface area contributed by atoms with Gasteiger partial charge in [0.25, 0.3) is 11.8 Å². The minimum absolute atomic E-state index is 0.00511. The fraction of sp³-hybridized carbons (Fsp3) is 0.474. The van der Waals surface area contributed by atoms with Gasteiger partial charge in [0.15, 0.2) is 0 Å². The van der Waals surface area contributed by atoms with Crippen LogP contribution >= 0.6 is 15.9 Å². The number of hydrogen-bond donors (Lipinski definition) is 0. The molecule has 2 aliphatic rings. The highest BCUT2D eigenvalue weighted by atomic mass is 79.9. The first kappa shape index (κ1) is 19.5. The fourth-order valence-corrected chi connectivity index (χ4v) is 3.89. The number of nitrogens with zero attached hydrogens (tertiary/aromatic N) is 2. The molecule has 1 unspecified atom stereocenters. The first-order chi connectivity index (χ1) is 12.9. The van der Waals surface area contributed by atoms with Crippen molar-refractivity contribution in [3.05, 3.63) is 33.8 Å². The van der Waals surface area contributed by atoms with E-state index < -0.39 is 23.8 Å². The third-order valence-corrected chi connectivity index (χ3v) is 5.36. The molecule has 7 nitrogen and oxygen atoms in total. The summed E-state index contributed by atoms with van der Waals surface area (Å²) in [5.41, 5.74) is 0.683. The van der Waals surface area contributed by atoms with E-state index in [4.69, 9.17) is 4.74 Å². The molecular formula is C19H21BrN2O5. The molecule has 27 heavy (non-hydrogen) atoms. The number of imide groups is 1. The average molecular weight is 437 g/mol. The highest BCUT2D eigenvalue weighted by molar-refractivity contribution is 9.10. The Morgan fingerprint density at radius 2 is 1.93 bits per heavy atom. The summed E-state index contributed by atoms with van der Waals surface area (Å²) in [5.74, 6) is -1.43. The maximum absolute atomic E-state index is 12.7. The number of likely N-dealkylation sites (tertiary alicyclic amines) is 1. The quantitative estimate of drug-likeness (QED) is 0.522. The zero-order valence-electron chi connectivity index (χ0n) is 15.1. The standard InChI is InChI=1S/C19H21BrN2O5/c1-2-27-19(26)15-5-3-4-9-21(15)16(23)8-10-22-17(24)13-7-6-12(20)11-14(13)18(22)25/h6-7,11,15H,2-5,8-10H2,1H3. The SMILES string of the molecule is CCOC(=O)C1CCCCN1C(=O)CCN1C(=O)c2ccc(Br)cc2C1=O. The molecule has 0 bridgehead atoms. The van der Waals surface area contributed by atoms with E-state index in [9.17, 15) is 19.2 Å². The number of hydrogen-bond acceptors (Lipinski definition) is 5. The molecule has 8 heteroatoms. The molecular weight excluding hydrogens is 416 g/mol. The van der Waals surface area contributed by atoms with E-state index in [0.717, 1.165) is 17.7 Å². The number of amides is 3. The average Bonchev–Trinajstić information content (AvgIpc) is 2.90. The van der Waals surface area contributed by atoms with Gasteiger partial charge in [-0.05, 0) is 44.4 Å². The first-order valence-electron chi connectivity index (χ1n) is 9.06. The van der Waals surface area contributed by atoms with Crippen molar-refractivity contribution in [2.45, 2.75) is 38.6 Å². The number of carbonyl (C=O) groups excluding carboxylic acids is 4. The van der Waals surface area contributed by atoms with Gasteiger partial charge in [-0.2, -0.15) is 0 Å². The molecule has 2 heterocycles.